The number of benzene rings is 1. The van der Waals surface area contributed by atoms with Crippen molar-refractivity contribution in [3.63, 3.8) is 0 Å². The molecule has 0 bridgehead atoms. The number of aliphatic hydroxyl groups excluding tert-OH is 1. The molecule has 154 valence electrons. The lowest BCUT2D eigenvalue weighted by atomic mass is 10.1. The summed E-state index contributed by atoms with van der Waals surface area (Å²) in [7, 11) is 0. The molecule has 0 saturated carbocycles. The third kappa shape index (κ3) is 4.82. The van der Waals surface area contributed by atoms with Crippen LogP contribution in [0.3, 0.4) is 0 Å². The molecule has 1 aliphatic heterocycles. The van der Waals surface area contributed by atoms with Crippen LogP contribution in [0.4, 0.5) is 5.69 Å². The SMILES string of the molecule is NCCCOCCOCCNc1ccc2c(=O)c(CO)c3n(c2c1)CCCO3. The van der Waals surface area contributed by atoms with E-state index in [1.54, 1.807) is 6.07 Å². The number of pyridine rings is 1. The van der Waals surface area contributed by atoms with Gasteiger partial charge < -0.3 is 34.9 Å². The van der Waals surface area contributed by atoms with Gasteiger partial charge in [-0.25, -0.2) is 0 Å². The summed E-state index contributed by atoms with van der Waals surface area (Å²) in [6.07, 6.45) is 1.73. The van der Waals surface area contributed by atoms with Crippen LogP contribution < -0.4 is 21.2 Å². The summed E-state index contributed by atoms with van der Waals surface area (Å²) in [6, 6.07) is 5.62. The van der Waals surface area contributed by atoms with E-state index in [0.29, 0.717) is 63.0 Å². The van der Waals surface area contributed by atoms with Gasteiger partial charge in [0, 0.05) is 30.8 Å². The smallest absolute Gasteiger partial charge is 0.203 e. The van der Waals surface area contributed by atoms with Crippen molar-refractivity contribution in [2.45, 2.75) is 26.0 Å². The van der Waals surface area contributed by atoms with Crippen LogP contribution in [0.25, 0.3) is 10.9 Å². The molecule has 1 aromatic heterocycles. The third-order valence-corrected chi connectivity index (χ3v) is 4.67. The van der Waals surface area contributed by atoms with Crippen molar-refractivity contribution >= 4 is 16.6 Å². The van der Waals surface area contributed by atoms with Gasteiger partial charge >= 0.3 is 0 Å². The Balaban J connectivity index is 1.60. The van der Waals surface area contributed by atoms with Crippen molar-refractivity contribution in [1.82, 2.24) is 4.57 Å². The van der Waals surface area contributed by atoms with E-state index >= 15 is 0 Å². The molecule has 28 heavy (non-hydrogen) atoms. The number of hydrogen-bond acceptors (Lipinski definition) is 7. The predicted octanol–water partition coefficient (Wildman–Crippen LogP) is 1.07. The van der Waals surface area contributed by atoms with Crippen molar-refractivity contribution in [3.05, 3.63) is 34.0 Å². The van der Waals surface area contributed by atoms with Gasteiger partial charge in [0.15, 0.2) is 5.43 Å². The van der Waals surface area contributed by atoms with Gasteiger partial charge in [-0.15, -0.1) is 0 Å². The van der Waals surface area contributed by atoms with Gasteiger partial charge in [0.2, 0.25) is 5.88 Å². The highest BCUT2D eigenvalue weighted by Gasteiger charge is 2.20. The van der Waals surface area contributed by atoms with Gasteiger partial charge in [0.1, 0.15) is 0 Å². The highest BCUT2D eigenvalue weighted by atomic mass is 16.5. The molecule has 0 atom stereocenters. The number of ether oxygens (including phenoxy) is 3. The Morgan fingerprint density at radius 2 is 2.04 bits per heavy atom. The van der Waals surface area contributed by atoms with Crippen LogP contribution in [-0.2, 0) is 22.6 Å². The Morgan fingerprint density at radius 1 is 1.21 bits per heavy atom. The maximum Gasteiger partial charge on any atom is 0.203 e. The van der Waals surface area contributed by atoms with Gasteiger partial charge in [0.25, 0.3) is 0 Å². The summed E-state index contributed by atoms with van der Waals surface area (Å²) >= 11 is 0. The van der Waals surface area contributed by atoms with Gasteiger partial charge in [-0.2, -0.15) is 0 Å². The Kier molecular flexibility index (Phi) is 7.67. The first kappa shape index (κ1) is 20.6. The molecule has 0 fully saturated rings. The molecule has 2 aromatic rings. The van der Waals surface area contributed by atoms with E-state index in [0.717, 1.165) is 30.6 Å². The van der Waals surface area contributed by atoms with Crippen LogP contribution in [0.5, 0.6) is 5.88 Å². The number of hydrogen-bond donors (Lipinski definition) is 3. The summed E-state index contributed by atoms with van der Waals surface area (Å²) in [4.78, 5) is 12.7. The summed E-state index contributed by atoms with van der Waals surface area (Å²) in [5.41, 5.74) is 7.29. The Hall–Kier alpha value is -2.13. The Labute approximate surface area is 164 Å². The van der Waals surface area contributed by atoms with Gasteiger partial charge in [-0.05, 0) is 37.6 Å². The second-order valence-electron chi connectivity index (χ2n) is 6.65. The van der Waals surface area contributed by atoms with E-state index in [-0.39, 0.29) is 12.0 Å². The minimum atomic E-state index is -0.322. The fraction of sp³-hybridized carbons (Fsp3) is 0.550. The molecule has 1 aliphatic rings. The molecule has 4 N–H and O–H groups in total. The highest BCUT2D eigenvalue weighted by molar-refractivity contribution is 5.84. The van der Waals surface area contributed by atoms with Gasteiger partial charge in [-0.3, -0.25) is 4.79 Å². The van der Waals surface area contributed by atoms with Crippen LogP contribution >= 0.6 is 0 Å². The Bertz CT molecular complexity index is 837. The standard InChI is InChI=1S/C20H29N3O5/c21-5-1-8-26-11-12-27-10-6-22-15-3-4-16-18(13-15)23-7-2-9-28-20(23)17(14-24)19(16)25/h3-4,13,22,24H,1-2,5-12,14,21H2. The summed E-state index contributed by atoms with van der Waals surface area (Å²) in [5.74, 6) is 0.487. The van der Waals surface area contributed by atoms with Crippen molar-refractivity contribution in [2.24, 2.45) is 5.73 Å². The van der Waals surface area contributed by atoms with Gasteiger partial charge in [-0.1, -0.05) is 0 Å². The monoisotopic (exact) mass is 391 g/mol. The molecule has 0 spiro atoms. The maximum absolute atomic E-state index is 12.7. The third-order valence-electron chi connectivity index (χ3n) is 4.67. The zero-order valence-corrected chi connectivity index (χ0v) is 16.1. The quantitative estimate of drug-likeness (QED) is 0.492. The Morgan fingerprint density at radius 3 is 2.82 bits per heavy atom. The summed E-state index contributed by atoms with van der Waals surface area (Å²) < 4.78 is 18.6. The lowest BCUT2D eigenvalue weighted by molar-refractivity contribution is 0.0513. The average molecular weight is 391 g/mol. The highest BCUT2D eigenvalue weighted by Crippen LogP contribution is 2.28. The molecular formula is C20H29N3O5. The minimum absolute atomic E-state index is 0.171. The number of anilines is 1. The number of fused-ring (bicyclic) bond motifs is 3. The van der Waals surface area contributed by atoms with Crippen LogP contribution in [0, 0.1) is 0 Å². The number of nitrogens with two attached hydrogens (primary N) is 1. The molecule has 0 aliphatic carbocycles. The molecule has 0 unspecified atom stereocenters. The lowest BCUT2D eigenvalue weighted by Crippen LogP contribution is -2.24. The van der Waals surface area contributed by atoms with Crippen LogP contribution in [0.2, 0.25) is 0 Å². The fourth-order valence-corrected chi connectivity index (χ4v) is 3.28. The molecule has 2 heterocycles. The second-order valence-corrected chi connectivity index (χ2v) is 6.65. The summed E-state index contributed by atoms with van der Waals surface area (Å²) in [5, 5.41) is 13.5. The molecule has 0 saturated heterocycles. The number of aromatic nitrogens is 1. The first-order valence-electron chi connectivity index (χ1n) is 9.78. The number of nitrogens with one attached hydrogen (secondary N) is 1. The fourth-order valence-electron chi connectivity index (χ4n) is 3.28. The van der Waals surface area contributed by atoms with E-state index in [2.05, 4.69) is 5.32 Å². The minimum Gasteiger partial charge on any atom is -0.478 e. The van der Waals surface area contributed by atoms with Gasteiger partial charge in [0.05, 0.1) is 44.1 Å². The van der Waals surface area contributed by atoms with Crippen molar-refractivity contribution in [1.29, 1.82) is 0 Å². The van der Waals surface area contributed by atoms with Crippen LogP contribution in [0.15, 0.2) is 23.0 Å². The second kappa shape index (κ2) is 10.4. The van der Waals surface area contributed by atoms with Crippen LogP contribution in [0.1, 0.15) is 18.4 Å². The first-order valence-corrected chi connectivity index (χ1v) is 9.78. The number of aryl methyl sites for hydroxylation is 1. The number of aliphatic hydroxyl groups is 1. The van der Waals surface area contributed by atoms with E-state index in [4.69, 9.17) is 19.9 Å². The maximum atomic E-state index is 12.7. The first-order chi connectivity index (χ1) is 13.8. The van der Waals surface area contributed by atoms with E-state index in [1.807, 2.05) is 16.7 Å². The predicted molar refractivity (Wildman–Crippen MR) is 108 cm³/mol. The molecule has 1 aromatic carbocycles. The normalized spacial score (nSPS) is 13.4. The molecule has 8 heteroatoms. The number of rotatable bonds is 11. The van der Waals surface area contributed by atoms with E-state index in [9.17, 15) is 9.90 Å². The topological polar surface area (TPSA) is 108 Å². The molecule has 3 rings (SSSR count). The molecule has 0 amide bonds. The van der Waals surface area contributed by atoms with Crippen molar-refractivity contribution in [3.8, 4) is 5.88 Å². The van der Waals surface area contributed by atoms with Crippen molar-refractivity contribution in [2.75, 3.05) is 51.4 Å². The van der Waals surface area contributed by atoms with Crippen LogP contribution in [-0.4, -0.2) is 55.8 Å². The van der Waals surface area contributed by atoms with E-state index < -0.39 is 0 Å². The molecule has 8 nitrogen and oxygen atoms in total. The van der Waals surface area contributed by atoms with Crippen molar-refractivity contribution < 1.29 is 19.3 Å². The average Bonchev–Trinajstić information content (AvgIpc) is 2.73. The molecular weight excluding hydrogens is 362 g/mol. The lowest BCUT2D eigenvalue weighted by Gasteiger charge is -2.24. The van der Waals surface area contributed by atoms with E-state index in [1.165, 1.54) is 0 Å². The zero-order chi connectivity index (χ0) is 19.8. The summed E-state index contributed by atoms with van der Waals surface area (Å²) in [6.45, 7) is 4.63. The largest absolute Gasteiger partial charge is 0.478 e. The number of nitrogens with zero attached hydrogens (tertiary/aromatic N) is 1. The zero-order valence-electron chi connectivity index (χ0n) is 16.1. The molecule has 0 radical (unpaired) electrons.